The number of methoxy groups -OCH3 is 1. The summed E-state index contributed by atoms with van der Waals surface area (Å²) >= 11 is 3.52. The second-order valence-corrected chi connectivity index (χ2v) is 8.63. The van der Waals surface area contributed by atoms with E-state index in [-0.39, 0.29) is 11.4 Å². The van der Waals surface area contributed by atoms with Crippen molar-refractivity contribution in [1.29, 1.82) is 5.41 Å². The van der Waals surface area contributed by atoms with Crippen molar-refractivity contribution in [3.8, 4) is 17.2 Å². The summed E-state index contributed by atoms with van der Waals surface area (Å²) in [5.74, 6) is 2.12. The fourth-order valence-electron chi connectivity index (χ4n) is 3.64. The predicted molar refractivity (Wildman–Crippen MR) is 132 cm³/mol. The van der Waals surface area contributed by atoms with Crippen LogP contribution < -0.4 is 14.2 Å². The average Bonchev–Trinajstić information content (AvgIpc) is 3.16. The van der Waals surface area contributed by atoms with Crippen molar-refractivity contribution in [2.24, 2.45) is 4.99 Å². The second kappa shape index (κ2) is 9.72. The van der Waals surface area contributed by atoms with Gasteiger partial charge in [-0.1, -0.05) is 18.2 Å². The molecule has 1 amide bonds. The quantitative estimate of drug-likeness (QED) is 0.404. The molecule has 2 aromatic rings. The summed E-state index contributed by atoms with van der Waals surface area (Å²) in [6.45, 7) is 6.42. The van der Waals surface area contributed by atoms with Gasteiger partial charge in [0.25, 0.3) is 5.91 Å². The van der Waals surface area contributed by atoms with Crippen LogP contribution in [0.5, 0.6) is 17.2 Å². The molecule has 8 nitrogen and oxygen atoms in total. The van der Waals surface area contributed by atoms with E-state index in [0.29, 0.717) is 46.3 Å². The van der Waals surface area contributed by atoms with Crippen LogP contribution >= 0.6 is 15.9 Å². The number of aliphatic imine (C=N–C) groups is 1. The molecule has 2 aliphatic rings. The van der Waals surface area contributed by atoms with Crippen LogP contribution in [0.15, 0.2) is 57.2 Å². The molecule has 176 valence electrons. The number of hydroxylamine groups is 2. The maximum atomic E-state index is 12.5. The molecule has 1 N–H and O–H groups in total. The molecular formula is C25H24BrN3O5. The summed E-state index contributed by atoms with van der Waals surface area (Å²) < 4.78 is 18.0. The molecule has 2 heterocycles. The van der Waals surface area contributed by atoms with E-state index in [9.17, 15) is 4.79 Å². The number of amidine groups is 2. The zero-order chi connectivity index (χ0) is 24.4. The number of aryl methyl sites for hydroxylation is 2. The molecule has 0 atom stereocenters. The van der Waals surface area contributed by atoms with Gasteiger partial charge in [0, 0.05) is 6.08 Å². The Morgan fingerprint density at radius 1 is 1.12 bits per heavy atom. The molecule has 9 heteroatoms. The summed E-state index contributed by atoms with van der Waals surface area (Å²) in [4.78, 5) is 22.0. The second-order valence-electron chi connectivity index (χ2n) is 7.77. The lowest BCUT2D eigenvalue weighted by Gasteiger charge is -2.23. The molecule has 0 spiro atoms. The van der Waals surface area contributed by atoms with E-state index in [2.05, 4.69) is 20.9 Å². The summed E-state index contributed by atoms with van der Waals surface area (Å²) in [5, 5.41) is 9.59. The van der Waals surface area contributed by atoms with Crippen LogP contribution in [0.2, 0.25) is 0 Å². The highest BCUT2D eigenvalue weighted by molar-refractivity contribution is 9.10. The van der Waals surface area contributed by atoms with Crippen LogP contribution in [0.25, 0.3) is 6.08 Å². The molecule has 2 aromatic carbocycles. The number of ether oxygens (including phenoxy) is 3. The van der Waals surface area contributed by atoms with E-state index in [1.807, 2.05) is 32.0 Å². The maximum Gasteiger partial charge on any atom is 0.282 e. The molecule has 0 bridgehead atoms. The van der Waals surface area contributed by atoms with Crippen LogP contribution in [0, 0.1) is 19.3 Å². The number of nitrogens with zero attached hydrogens (tertiary/aromatic N) is 2. The Hall–Kier alpha value is -3.59. The first-order valence-corrected chi connectivity index (χ1v) is 11.4. The first-order chi connectivity index (χ1) is 16.3. The highest BCUT2D eigenvalue weighted by Gasteiger charge is 2.34. The Kier molecular flexibility index (Phi) is 6.74. The molecule has 0 unspecified atom stereocenters. The van der Waals surface area contributed by atoms with E-state index in [1.54, 1.807) is 31.2 Å². The zero-order valence-corrected chi connectivity index (χ0v) is 20.9. The van der Waals surface area contributed by atoms with E-state index in [0.717, 1.165) is 16.9 Å². The maximum absolute atomic E-state index is 12.5. The van der Waals surface area contributed by atoms with Crippen LogP contribution in [0.3, 0.4) is 0 Å². The summed E-state index contributed by atoms with van der Waals surface area (Å²) in [6.07, 6.45) is 3.18. The van der Waals surface area contributed by atoms with E-state index in [4.69, 9.17) is 24.5 Å². The minimum atomic E-state index is -0.509. The SMILES string of the molecule is COc1cc(/C=C2\C(=N)N3OC(C)=CC3=NC2=O)cc(Br)c1OCCOc1c(C)cccc1C. The number of benzene rings is 2. The molecule has 0 aliphatic carbocycles. The zero-order valence-electron chi connectivity index (χ0n) is 19.3. The van der Waals surface area contributed by atoms with Crippen molar-refractivity contribution in [3.63, 3.8) is 0 Å². The van der Waals surface area contributed by atoms with Gasteiger partial charge < -0.3 is 19.0 Å². The van der Waals surface area contributed by atoms with Gasteiger partial charge in [0.15, 0.2) is 23.2 Å². The third kappa shape index (κ3) is 4.70. The molecule has 0 fully saturated rings. The first-order valence-electron chi connectivity index (χ1n) is 10.6. The van der Waals surface area contributed by atoms with Gasteiger partial charge in [-0.05, 0) is 71.6 Å². The fourth-order valence-corrected chi connectivity index (χ4v) is 4.22. The monoisotopic (exact) mass is 525 g/mol. The Bertz CT molecular complexity index is 1250. The molecule has 34 heavy (non-hydrogen) atoms. The number of nitrogens with one attached hydrogen (secondary N) is 1. The summed E-state index contributed by atoms with van der Waals surface area (Å²) in [7, 11) is 1.54. The lowest BCUT2D eigenvalue weighted by Crippen LogP contribution is -2.38. The topological polar surface area (TPSA) is 93.4 Å². The van der Waals surface area contributed by atoms with Gasteiger partial charge in [-0.2, -0.15) is 4.99 Å². The number of para-hydroxylation sites is 1. The van der Waals surface area contributed by atoms with Crippen LogP contribution in [0.1, 0.15) is 23.6 Å². The highest BCUT2D eigenvalue weighted by Crippen LogP contribution is 2.37. The number of rotatable bonds is 7. The van der Waals surface area contributed by atoms with Crippen LogP contribution in [-0.2, 0) is 9.63 Å². The Morgan fingerprint density at radius 3 is 2.47 bits per heavy atom. The molecule has 0 saturated carbocycles. The predicted octanol–water partition coefficient (Wildman–Crippen LogP) is 4.98. The molecule has 2 aliphatic heterocycles. The number of allylic oxidation sites excluding steroid dienone is 1. The number of fused-ring (bicyclic) bond motifs is 1. The minimum Gasteiger partial charge on any atom is -0.493 e. The molecule has 0 radical (unpaired) electrons. The van der Waals surface area contributed by atoms with Crippen molar-refractivity contribution in [2.75, 3.05) is 20.3 Å². The fraction of sp³-hybridized carbons (Fsp3) is 0.240. The van der Waals surface area contributed by atoms with Gasteiger partial charge in [0.1, 0.15) is 24.7 Å². The van der Waals surface area contributed by atoms with E-state index in [1.165, 1.54) is 12.2 Å². The summed E-state index contributed by atoms with van der Waals surface area (Å²) in [6, 6.07) is 9.52. The lowest BCUT2D eigenvalue weighted by molar-refractivity contribution is -0.114. The number of hydrogen-bond donors (Lipinski definition) is 1. The Labute approximate surface area is 206 Å². The van der Waals surface area contributed by atoms with Gasteiger partial charge in [-0.3, -0.25) is 10.2 Å². The Balaban J connectivity index is 1.49. The van der Waals surface area contributed by atoms with Crippen molar-refractivity contribution < 1.29 is 23.8 Å². The van der Waals surface area contributed by atoms with E-state index < -0.39 is 5.91 Å². The third-order valence-electron chi connectivity index (χ3n) is 5.23. The molecule has 0 aromatic heterocycles. The van der Waals surface area contributed by atoms with Crippen LogP contribution in [-0.4, -0.2) is 43.0 Å². The standard InChI is InChI=1S/C25H24BrN3O5/c1-14-6-5-7-15(2)22(14)32-8-9-33-23-19(26)12-17(13-20(23)31-4)11-18-24(27)29-21(28-25(18)30)10-16(3)34-29/h5-7,10-13,27H,8-9H2,1-4H3/b18-11+,27-24?. The molecule has 0 saturated heterocycles. The smallest absolute Gasteiger partial charge is 0.282 e. The largest absolute Gasteiger partial charge is 0.493 e. The molecular weight excluding hydrogens is 502 g/mol. The van der Waals surface area contributed by atoms with Crippen molar-refractivity contribution in [2.45, 2.75) is 20.8 Å². The van der Waals surface area contributed by atoms with E-state index >= 15 is 0 Å². The highest BCUT2D eigenvalue weighted by atomic mass is 79.9. The van der Waals surface area contributed by atoms with Crippen molar-refractivity contribution in [1.82, 2.24) is 5.06 Å². The van der Waals surface area contributed by atoms with Crippen LogP contribution in [0.4, 0.5) is 0 Å². The van der Waals surface area contributed by atoms with Crippen molar-refractivity contribution >= 4 is 39.6 Å². The average molecular weight is 526 g/mol. The Morgan fingerprint density at radius 2 is 1.79 bits per heavy atom. The number of carbonyl (C=O) groups excluding carboxylic acids is 1. The van der Waals surface area contributed by atoms with Gasteiger partial charge in [0.05, 0.1) is 17.2 Å². The number of hydrogen-bond acceptors (Lipinski definition) is 6. The summed E-state index contributed by atoms with van der Waals surface area (Å²) in [5.41, 5.74) is 2.89. The van der Waals surface area contributed by atoms with Gasteiger partial charge in [-0.15, -0.1) is 5.06 Å². The third-order valence-corrected chi connectivity index (χ3v) is 5.82. The van der Waals surface area contributed by atoms with Gasteiger partial charge in [-0.25, -0.2) is 0 Å². The number of halogens is 1. The van der Waals surface area contributed by atoms with Gasteiger partial charge >= 0.3 is 0 Å². The number of carbonyl (C=O) groups is 1. The normalized spacial score (nSPS) is 16.1. The minimum absolute atomic E-state index is 0.0813. The van der Waals surface area contributed by atoms with Gasteiger partial charge in [0.2, 0.25) is 0 Å². The lowest BCUT2D eigenvalue weighted by atomic mass is 10.1. The first kappa shape index (κ1) is 23.6. The number of amides is 1. The van der Waals surface area contributed by atoms with Crippen molar-refractivity contribution in [3.05, 3.63) is 68.9 Å². The molecule has 4 rings (SSSR count).